The van der Waals surface area contributed by atoms with Gasteiger partial charge in [-0.2, -0.15) is 0 Å². The number of nitrogens with zero attached hydrogens (tertiary/aromatic N) is 1. The van der Waals surface area contributed by atoms with Gasteiger partial charge in [-0.05, 0) is 30.9 Å². The van der Waals surface area contributed by atoms with Gasteiger partial charge < -0.3 is 10.6 Å². The summed E-state index contributed by atoms with van der Waals surface area (Å²) >= 11 is 0. The van der Waals surface area contributed by atoms with E-state index in [2.05, 4.69) is 59.0 Å². The minimum atomic E-state index is 0.813. The lowest BCUT2D eigenvalue weighted by atomic mass is 10.1. The molecule has 19 heavy (non-hydrogen) atoms. The molecule has 3 nitrogen and oxygen atoms in total. The fourth-order valence-electron chi connectivity index (χ4n) is 1.91. The quantitative estimate of drug-likeness (QED) is 0.357. The molecule has 0 atom stereocenters. The standard InChI is InChI=1S/C16H25N3/c1-4-6-9-12-18-16(17-3)19-13-15-11-8-7-10-14(15)5-2/h4,6-8,10-11H,5,9,12-13H2,1-3H3,(H2,17,18,19)/b6-4+. The van der Waals surface area contributed by atoms with E-state index in [0.29, 0.717) is 0 Å². The van der Waals surface area contributed by atoms with Crippen molar-refractivity contribution in [2.75, 3.05) is 13.6 Å². The van der Waals surface area contributed by atoms with Crippen LogP contribution in [0.5, 0.6) is 0 Å². The lowest BCUT2D eigenvalue weighted by molar-refractivity contribution is 0.798. The molecule has 0 aromatic heterocycles. The summed E-state index contributed by atoms with van der Waals surface area (Å²) < 4.78 is 0. The number of benzene rings is 1. The van der Waals surface area contributed by atoms with Gasteiger partial charge in [0.25, 0.3) is 0 Å². The second kappa shape index (κ2) is 9.20. The van der Waals surface area contributed by atoms with Crippen molar-refractivity contribution >= 4 is 5.96 Å². The highest BCUT2D eigenvalue weighted by Gasteiger charge is 2.01. The van der Waals surface area contributed by atoms with Crippen molar-refractivity contribution in [1.82, 2.24) is 10.6 Å². The average molecular weight is 259 g/mol. The molecular weight excluding hydrogens is 234 g/mol. The van der Waals surface area contributed by atoms with Crippen LogP contribution in [0.2, 0.25) is 0 Å². The number of hydrogen-bond acceptors (Lipinski definition) is 1. The summed E-state index contributed by atoms with van der Waals surface area (Å²) in [6, 6.07) is 8.52. The van der Waals surface area contributed by atoms with Crippen LogP contribution in [0.15, 0.2) is 41.4 Å². The van der Waals surface area contributed by atoms with Crippen LogP contribution in [0.25, 0.3) is 0 Å². The van der Waals surface area contributed by atoms with E-state index in [1.54, 1.807) is 7.05 Å². The number of hydrogen-bond donors (Lipinski definition) is 2. The lowest BCUT2D eigenvalue weighted by Gasteiger charge is -2.13. The van der Waals surface area contributed by atoms with Gasteiger partial charge in [-0.3, -0.25) is 4.99 Å². The number of allylic oxidation sites excluding steroid dienone is 1. The number of aliphatic imine (C=N–C) groups is 1. The first-order valence-corrected chi connectivity index (χ1v) is 6.94. The Kier molecular flexibility index (Phi) is 7.40. The fraction of sp³-hybridized carbons (Fsp3) is 0.438. The molecule has 1 aromatic carbocycles. The number of nitrogens with one attached hydrogen (secondary N) is 2. The highest BCUT2D eigenvalue weighted by atomic mass is 15.2. The first kappa shape index (κ1) is 15.3. The van der Waals surface area contributed by atoms with Crippen molar-refractivity contribution in [3.05, 3.63) is 47.5 Å². The molecule has 1 aromatic rings. The predicted octanol–water partition coefficient (Wildman–Crippen LogP) is 2.88. The van der Waals surface area contributed by atoms with E-state index in [1.165, 1.54) is 11.1 Å². The summed E-state index contributed by atoms with van der Waals surface area (Å²) in [5.41, 5.74) is 2.72. The smallest absolute Gasteiger partial charge is 0.191 e. The number of rotatable bonds is 6. The SMILES string of the molecule is C/C=C/CCNC(=NC)NCc1ccccc1CC. The van der Waals surface area contributed by atoms with Crippen molar-refractivity contribution in [2.24, 2.45) is 4.99 Å². The molecule has 0 heterocycles. The van der Waals surface area contributed by atoms with Crippen LogP contribution < -0.4 is 10.6 Å². The molecule has 0 aliphatic rings. The zero-order chi connectivity index (χ0) is 13.9. The van der Waals surface area contributed by atoms with E-state index in [0.717, 1.165) is 31.9 Å². The second-order valence-corrected chi connectivity index (χ2v) is 4.33. The van der Waals surface area contributed by atoms with Gasteiger partial charge in [0.2, 0.25) is 0 Å². The van der Waals surface area contributed by atoms with Gasteiger partial charge >= 0.3 is 0 Å². The molecule has 0 amide bonds. The molecule has 0 aliphatic carbocycles. The van der Waals surface area contributed by atoms with E-state index in [4.69, 9.17) is 0 Å². The highest BCUT2D eigenvalue weighted by Crippen LogP contribution is 2.08. The maximum Gasteiger partial charge on any atom is 0.191 e. The van der Waals surface area contributed by atoms with Crippen molar-refractivity contribution in [3.63, 3.8) is 0 Å². The van der Waals surface area contributed by atoms with Crippen LogP contribution in [-0.4, -0.2) is 19.6 Å². The van der Waals surface area contributed by atoms with Crippen molar-refractivity contribution < 1.29 is 0 Å². The van der Waals surface area contributed by atoms with Crippen molar-refractivity contribution in [3.8, 4) is 0 Å². The first-order chi connectivity index (χ1) is 9.31. The Balaban J connectivity index is 2.45. The molecule has 1 rings (SSSR count). The second-order valence-electron chi connectivity index (χ2n) is 4.33. The fourth-order valence-corrected chi connectivity index (χ4v) is 1.91. The van der Waals surface area contributed by atoms with E-state index in [1.807, 2.05) is 6.92 Å². The summed E-state index contributed by atoms with van der Waals surface area (Å²) in [6.45, 7) is 5.94. The minimum Gasteiger partial charge on any atom is -0.356 e. The van der Waals surface area contributed by atoms with Crippen LogP contribution in [0.4, 0.5) is 0 Å². The molecule has 0 unspecified atom stereocenters. The van der Waals surface area contributed by atoms with Crippen LogP contribution in [0, 0.1) is 0 Å². The Morgan fingerprint density at radius 2 is 1.95 bits per heavy atom. The molecular formula is C16H25N3. The zero-order valence-corrected chi connectivity index (χ0v) is 12.2. The van der Waals surface area contributed by atoms with Gasteiger partial charge in [-0.25, -0.2) is 0 Å². The maximum atomic E-state index is 4.23. The average Bonchev–Trinajstić information content (AvgIpc) is 2.47. The van der Waals surface area contributed by atoms with E-state index in [9.17, 15) is 0 Å². The molecule has 0 spiro atoms. The van der Waals surface area contributed by atoms with Crippen LogP contribution >= 0.6 is 0 Å². The third-order valence-electron chi connectivity index (χ3n) is 3.01. The molecule has 0 radical (unpaired) electrons. The van der Waals surface area contributed by atoms with Gasteiger partial charge in [-0.15, -0.1) is 0 Å². The predicted molar refractivity (Wildman–Crippen MR) is 83.5 cm³/mol. The monoisotopic (exact) mass is 259 g/mol. The minimum absolute atomic E-state index is 0.813. The third kappa shape index (κ3) is 5.60. The van der Waals surface area contributed by atoms with Gasteiger partial charge in [0.15, 0.2) is 5.96 Å². The van der Waals surface area contributed by atoms with Gasteiger partial charge in [0.1, 0.15) is 0 Å². The third-order valence-corrected chi connectivity index (χ3v) is 3.01. The lowest BCUT2D eigenvalue weighted by Crippen LogP contribution is -2.37. The summed E-state index contributed by atoms with van der Waals surface area (Å²) in [7, 11) is 1.80. The van der Waals surface area contributed by atoms with Gasteiger partial charge in [-0.1, -0.05) is 43.3 Å². The largest absolute Gasteiger partial charge is 0.356 e. The Hall–Kier alpha value is -1.77. The molecule has 0 bridgehead atoms. The zero-order valence-electron chi connectivity index (χ0n) is 12.2. The Morgan fingerprint density at radius 1 is 1.21 bits per heavy atom. The molecule has 3 heteroatoms. The Bertz CT molecular complexity index is 422. The highest BCUT2D eigenvalue weighted by molar-refractivity contribution is 5.79. The molecule has 2 N–H and O–H groups in total. The van der Waals surface area contributed by atoms with Gasteiger partial charge in [0.05, 0.1) is 0 Å². The van der Waals surface area contributed by atoms with Gasteiger partial charge in [0, 0.05) is 20.1 Å². The molecule has 104 valence electrons. The molecule has 0 fully saturated rings. The maximum absolute atomic E-state index is 4.23. The summed E-state index contributed by atoms with van der Waals surface area (Å²) in [5.74, 6) is 0.857. The van der Waals surface area contributed by atoms with Crippen LogP contribution in [0.3, 0.4) is 0 Å². The topological polar surface area (TPSA) is 36.4 Å². The van der Waals surface area contributed by atoms with Crippen LogP contribution in [-0.2, 0) is 13.0 Å². The van der Waals surface area contributed by atoms with E-state index in [-0.39, 0.29) is 0 Å². The van der Waals surface area contributed by atoms with Crippen molar-refractivity contribution in [2.45, 2.75) is 33.2 Å². The van der Waals surface area contributed by atoms with Crippen molar-refractivity contribution in [1.29, 1.82) is 0 Å². The Labute approximate surface area is 116 Å². The summed E-state index contributed by atoms with van der Waals surface area (Å²) in [4.78, 5) is 4.23. The number of aryl methyl sites for hydroxylation is 1. The molecule has 0 aliphatic heterocycles. The molecule has 0 saturated carbocycles. The van der Waals surface area contributed by atoms with E-state index >= 15 is 0 Å². The normalized spacial score (nSPS) is 11.8. The van der Waals surface area contributed by atoms with E-state index < -0.39 is 0 Å². The van der Waals surface area contributed by atoms with Crippen LogP contribution in [0.1, 0.15) is 31.4 Å². The first-order valence-electron chi connectivity index (χ1n) is 6.94. The summed E-state index contributed by atoms with van der Waals surface area (Å²) in [6.07, 6.45) is 6.29. The molecule has 0 saturated heterocycles. The number of guanidine groups is 1. The Morgan fingerprint density at radius 3 is 2.58 bits per heavy atom. The summed E-state index contributed by atoms with van der Waals surface area (Å²) in [5, 5.41) is 6.65.